The number of rotatable bonds is 5. The Morgan fingerprint density at radius 3 is 2.52 bits per heavy atom. The van der Waals surface area contributed by atoms with E-state index in [9.17, 15) is 0 Å². The second-order valence-corrected chi connectivity index (χ2v) is 6.84. The Kier molecular flexibility index (Phi) is 6.38. The Hall–Kier alpha value is -0.730. The lowest BCUT2D eigenvalue weighted by Crippen LogP contribution is -2.32. The van der Waals surface area contributed by atoms with Gasteiger partial charge < -0.3 is 10.6 Å². The van der Waals surface area contributed by atoms with Crippen molar-refractivity contribution in [1.29, 1.82) is 0 Å². The van der Waals surface area contributed by atoms with E-state index in [0.29, 0.717) is 6.04 Å². The van der Waals surface area contributed by atoms with Crippen molar-refractivity contribution in [1.82, 2.24) is 0 Å². The minimum absolute atomic E-state index is 0.229. The summed E-state index contributed by atoms with van der Waals surface area (Å²) in [4.78, 5) is 2.45. The monoisotopic (exact) mass is 308 g/mol. The van der Waals surface area contributed by atoms with Gasteiger partial charge in [-0.3, -0.25) is 0 Å². The minimum atomic E-state index is 0.229. The van der Waals surface area contributed by atoms with Gasteiger partial charge in [0.2, 0.25) is 0 Å². The highest BCUT2D eigenvalue weighted by Gasteiger charge is 2.20. The van der Waals surface area contributed by atoms with Gasteiger partial charge in [0.15, 0.2) is 0 Å². The Morgan fingerprint density at radius 2 is 1.90 bits per heavy atom. The van der Waals surface area contributed by atoms with Gasteiger partial charge in [-0.1, -0.05) is 50.3 Å². The van der Waals surface area contributed by atoms with Gasteiger partial charge in [-0.2, -0.15) is 0 Å². The van der Waals surface area contributed by atoms with E-state index in [1.807, 2.05) is 6.07 Å². The Morgan fingerprint density at radius 1 is 1.24 bits per heavy atom. The Labute approximate surface area is 134 Å². The smallest absolute Gasteiger partial charge is 0.0426 e. The lowest BCUT2D eigenvalue weighted by molar-refractivity contribution is 0.550. The Bertz CT molecular complexity index is 439. The molecule has 2 rings (SSSR count). The van der Waals surface area contributed by atoms with Crippen molar-refractivity contribution in [3.8, 4) is 0 Å². The van der Waals surface area contributed by atoms with E-state index in [0.717, 1.165) is 17.9 Å². The highest BCUT2D eigenvalue weighted by Crippen LogP contribution is 2.30. The van der Waals surface area contributed by atoms with E-state index in [1.54, 1.807) is 0 Å². The lowest BCUT2D eigenvalue weighted by atomic mass is 10.00. The van der Waals surface area contributed by atoms with Crippen LogP contribution in [-0.4, -0.2) is 19.1 Å². The summed E-state index contributed by atoms with van der Waals surface area (Å²) in [5.74, 6) is 0. The van der Waals surface area contributed by atoms with Gasteiger partial charge in [-0.15, -0.1) is 0 Å². The topological polar surface area (TPSA) is 29.3 Å². The number of nitrogens with two attached hydrogens (primary N) is 1. The molecule has 0 heterocycles. The maximum Gasteiger partial charge on any atom is 0.0426 e. The number of hydrogen-bond acceptors (Lipinski definition) is 2. The van der Waals surface area contributed by atoms with Crippen molar-refractivity contribution in [3.63, 3.8) is 0 Å². The van der Waals surface area contributed by atoms with Crippen LogP contribution in [0.3, 0.4) is 0 Å². The molecular weight excluding hydrogens is 280 g/mol. The van der Waals surface area contributed by atoms with Crippen LogP contribution in [0.15, 0.2) is 18.2 Å². The molecule has 0 amide bonds. The van der Waals surface area contributed by atoms with Crippen LogP contribution < -0.4 is 10.6 Å². The predicted molar refractivity (Wildman–Crippen MR) is 93.3 cm³/mol. The van der Waals surface area contributed by atoms with Gasteiger partial charge in [-0.25, -0.2) is 0 Å². The van der Waals surface area contributed by atoms with E-state index < -0.39 is 0 Å². The van der Waals surface area contributed by atoms with Crippen LogP contribution in [0.4, 0.5) is 5.69 Å². The standard InChI is InChI=1S/C18H29ClN2/c1-3-16(20)12-14-10-11-15(19)13-18(14)21(2)17-8-6-4-5-7-9-17/h10-11,13,16-17H,3-9,12,20H2,1-2H3. The van der Waals surface area contributed by atoms with Crippen LogP contribution in [0, 0.1) is 0 Å². The first kappa shape index (κ1) is 16.6. The molecule has 1 aliphatic rings. The lowest BCUT2D eigenvalue weighted by Gasteiger charge is -2.31. The Balaban J connectivity index is 2.20. The second-order valence-electron chi connectivity index (χ2n) is 6.40. The molecule has 0 bridgehead atoms. The molecule has 3 heteroatoms. The summed E-state index contributed by atoms with van der Waals surface area (Å²) in [5.41, 5.74) is 8.77. The molecule has 2 N–H and O–H groups in total. The zero-order chi connectivity index (χ0) is 15.2. The van der Waals surface area contributed by atoms with Crippen LogP contribution in [0.1, 0.15) is 57.4 Å². The molecule has 1 atom stereocenters. The fourth-order valence-corrected chi connectivity index (χ4v) is 3.47. The third-order valence-electron chi connectivity index (χ3n) is 4.81. The molecule has 21 heavy (non-hydrogen) atoms. The summed E-state index contributed by atoms with van der Waals surface area (Å²) in [6, 6.07) is 7.13. The quantitative estimate of drug-likeness (QED) is 0.793. The fourth-order valence-electron chi connectivity index (χ4n) is 3.31. The van der Waals surface area contributed by atoms with Crippen molar-refractivity contribution < 1.29 is 0 Å². The van der Waals surface area contributed by atoms with Gasteiger partial charge in [-0.05, 0) is 43.4 Å². The molecule has 1 saturated carbocycles. The number of benzene rings is 1. The number of anilines is 1. The van der Waals surface area contributed by atoms with Crippen molar-refractivity contribution in [3.05, 3.63) is 28.8 Å². The van der Waals surface area contributed by atoms with E-state index in [2.05, 4.69) is 31.0 Å². The number of halogens is 1. The van der Waals surface area contributed by atoms with E-state index in [-0.39, 0.29) is 6.04 Å². The summed E-state index contributed by atoms with van der Waals surface area (Å²) >= 11 is 6.24. The molecule has 1 aromatic carbocycles. The summed E-state index contributed by atoms with van der Waals surface area (Å²) in [7, 11) is 2.22. The van der Waals surface area contributed by atoms with Crippen molar-refractivity contribution in [2.45, 2.75) is 70.4 Å². The van der Waals surface area contributed by atoms with Crippen LogP contribution >= 0.6 is 11.6 Å². The van der Waals surface area contributed by atoms with Crippen molar-refractivity contribution in [2.75, 3.05) is 11.9 Å². The van der Waals surface area contributed by atoms with Crippen molar-refractivity contribution >= 4 is 17.3 Å². The molecule has 2 nitrogen and oxygen atoms in total. The van der Waals surface area contributed by atoms with Crippen LogP contribution in [0.5, 0.6) is 0 Å². The molecule has 0 aliphatic heterocycles. The average molecular weight is 309 g/mol. The summed E-state index contributed by atoms with van der Waals surface area (Å²) in [6.45, 7) is 2.15. The minimum Gasteiger partial charge on any atom is -0.371 e. The van der Waals surface area contributed by atoms with E-state index >= 15 is 0 Å². The molecule has 0 radical (unpaired) electrons. The SMILES string of the molecule is CCC(N)Cc1ccc(Cl)cc1N(C)C1CCCCCC1. The first-order valence-electron chi connectivity index (χ1n) is 8.38. The van der Waals surface area contributed by atoms with Crippen LogP contribution in [-0.2, 0) is 6.42 Å². The summed E-state index contributed by atoms with van der Waals surface area (Å²) in [5, 5.41) is 0.819. The van der Waals surface area contributed by atoms with E-state index in [4.69, 9.17) is 17.3 Å². The summed E-state index contributed by atoms with van der Waals surface area (Å²) < 4.78 is 0. The average Bonchev–Trinajstić information content (AvgIpc) is 2.77. The maximum absolute atomic E-state index is 6.24. The largest absolute Gasteiger partial charge is 0.371 e. The van der Waals surface area contributed by atoms with Crippen LogP contribution in [0.25, 0.3) is 0 Å². The van der Waals surface area contributed by atoms with Gasteiger partial charge in [0.25, 0.3) is 0 Å². The highest BCUT2D eigenvalue weighted by molar-refractivity contribution is 6.30. The maximum atomic E-state index is 6.24. The predicted octanol–water partition coefficient (Wildman–Crippen LogP) is 4.78. The van der Waals surface area contributed by atoms with Gasteiger partial charge in [0.1, 0.15) is 0 Å². The summed E-state index contributed by atoms with van der Waals surface area (Å²) in [6.07, 6.45) is 9.99. The molecule has 0 saturated heterocycles. The molecule has 1 aliphatic carbocycles. The molecule has 1 unspecified atom stereocenters. The molecule has 0 spiro atoms. The van der Waals surface area contributed by atoms with Gasteiger partial charge in [0, 0.05) is 29.8 Å². The normalized spacial score (nSPS) is 18.3. The van der Waals surface area contributed by atoms with E-state index in [1.165, 1.54) is 49.8 Å². The number of hydrogen-bond donors (Lipinski definition) is 1. The molecule has 118 valence electrons. The zero-order valence-corrected chi connectivity index (χ0v) is 14.2. The third kappa shape index (κ3) is 4.62. The fraction of sp³-hybridized carbons (Fsp3) is 0.667. The highest BCUT2D eigenvalue weighted by atomic mass is 35.5. The van der Waals surface area contributed by atoms with Crippen LogP contribution in [0.2, 0.25) is 5.02 Å². The number of nitrogens with zero attached hydrogens (tertiary/aromatic N) is 1. The van der Waals surface area contributed by atoms with Gasteiger partial charge in [0.05, 0.1) is 0 Å². The molecular formula is C18H29ClN2. The van der Waals surface area contributed by atoms with Crippen molar-refractivity contribution in [2.24, 2.45) is 5.73 Å². The second kappa shape index (κ2) is 8.05. The molecule has 1 aromatic rings. The third-order valence-corrected chi connectivity index (χ3v) is 5.04. The zero-order valence-electron chi connectivity index (χ0n) is 13.4. The first-order valence-corrected chi connectivity index (χ1v) is 8.76. The first-order chi connectivity index (χ1) is 10.1. The molecule has 0 aromatic heterocycles. The van der Waals surface area contributed by atoms with Gasteiger partial charge >= 0.3 is 0 Å². The molecule has 1 fully saturated rings.